The lowest BCUT2D eigenvalue weighted by Gasteiger charge is -2.19. The molecule has 2 aromatic rings. The van der Waals surface area contributed by atoms with E-state index in [2.05, 4.69) is 65.8 Å². The zero-order valence-corrected chi connectivity index (χ0v) is 14.1. The minimum Gasteiger partial charge on any atom is -0.355 e. The summed E-state index contributed by atoms with van der Waals surface area (Å²) in [4.78, 5) is 11.0. The van der Waals surface area contributed by atoms with E-state index in [1.807, 2.05) is 25.2 Å². The molecule has 0 saturated carbocycles. The summed E-state index contributed by atoms with van der Waals surface area (Å²) in [7, 11) is 2.04. The smallest absolute Gasteiger partial charge is 0.133 e. The van der Waals surface area contributed by atoms with E-state index in [-0.39, 0.29) is 0 Å². The van der Waals surface area contributed by atoms with Gasteiger partial charge in [-0.05, 0) is 33.6 Å². The van der Waals surface area contributed by atoms with Crippen LogP contribution in [0.1, 0.15) is 18.3 Å². The minimum atomic E-state index is 0.812. The Balaban J connectivity index is 2.20. The number of nitrogens with zero attached hydrogens (tertiary/aromatic N) is 3. The third kappa shape index (κ3) is 4.01. The Morgan fingerprint density at radius 3 is 2.63 bits per heavy atom. The molecule has 1 heterocycles. The van der Waals surface area contributed by atoms with E-state index < -0.39 is 0 Å². The van der Waals surface area contributed by atoms with Crippen LogP contribution in [-0.4, -0.2) is 17.0 Å². The Morgan fingerprint density at radius 1 is 1.16 bits per heavy atom. The predicted molar refractivity (Wildman–Crippen MR) is 85.4 cm³/mol. The van der Waals surface area contributed by atoms with Gasteiger partial charge in [0.25, 0.3) is 0 Å². The highest BCUT2D eigenvalue weighted by Gasteiger charge is 2.07. The molecule has 0 spiro atoms. The van der Waals surface area contributed by atoms with Crippen molar-refractivity contribution in [2.75, 3.05) is 11.9 Å². The molecule has 0 aliphatic rings. The van der Waals surface area contributed by atoms with Crippen LogP contribution in [-0.2, 0) is 13.0 Å². The van der Waals surface area contributed by atoms with E-state index in [9.17, 15) is 0 Å². The molecule has 0 fully saturated rings. The van der Waals surface area contributed by atoms with Crippen molar-refractivity contribution in [3.63, 3.8) is 0 Å². The fourth-order valence-electron chi connectivity index (χ4n) is 1.80. The minimum absolute atomic E-state index is 0.812. The highest BCUT2D eigenvalue weighted by Crippen LogP contribution is 2.19. The second kappa shape index (κ2) is 6.48. The summed E-state index contributed by atoms with van der Waals surface area (Å²) in [6.45, 7) is 2.87. The van der Waals surface area contributed by atoms with Crippen molar-refractivity contribution in [1.82, 2.24) is 9.97 Å². The molecule has 5 heteroatoms. The molecule has 2 rings (SSSR count). The van der Waals surface area contributed by atoms with Crippen molar-refractivity contribution in [2.45, 2.75) is 19.9 Å². The van der Waals surface area contributed by atoms with Gasteiger partial charge in [-0.2, -0.15) is 0 Å². The van der Waals surface area contributed by atoms with Crippen molar-refractivity contribution in [3.8, 4) is 0 Å². The van der Waals surface area contributed by atoms with E-state index in [4.69, 9.17) is 0 Å². The number of anilines is 1. The monoisotopic (exact) mass is 383 g/mol. The van der Waals surface area contributed by atoms with E-state index >= 15 is 0 Å². The summed E-state index contributed by atoms with van der Waals surface area (Å²) in [5, 5.41) is 0. The molecule has 3 nitrogen and oxygen atoms in total. The van der Waals surface area contributed by atoms with Gasteiger partial charge in [0.15, 0.2) is 0 Å². The van der Waals surface area contributed by atoms with E-state index in [1.165, 1.54) is 5.56 Å². The standard InChI is InChI=1S/C14H15Br2N3/c1-3-13-17-12(16)8-14(18-13)19(2)9-10-5-4-6-11(15)7-10/h4-8H,3,9H2,1-2H3. The van der Waals surface area contributed by atoms with Crippen LogP contribution >= 0.6 is 31.9 Å². The van der Waals surface area contributed by atoms with Crippen molar-refractivity contribution in [2.24, 2.45) is 0 Å². The maximum absolute atomic E-state index is 4.54. The third-order valence-electron chi connectivity index (χ3n) is 2.74. The Kier molecular flexibility index (Phi) is 4.93. The Bertz CT molecular complexity index is 572. The van der Waals surface area contributed by atoms with Gasteiger partial charge in [-0.15, -0.1) is 0 Å². The Hall–Kier alpha value is -0.940. The predicted octanol–water partition coefficient (Wildman–Crippen LogP) is 4.20. The number of benzene rings is 1. The summed E-state index contributed by atoms with van der Waals surface area (Å²) >= 11 is 6.92. The second-order valence-electron chi connectivity index (χ2n) is 4.30. The summed E-state index contributed by atoms with van der Waals surface area (Å²) in [6.07, 6.45) is 0.831. The molecule has 1 aromatic heterocycles. The van der Waals surface area contributed by atoms with Crippen molar-refractivity contribution in [1.29, 1.82) is 0 Å². The van der Waals surface area contributed by atoms with Crippen LogP contribution in [0.4, 0.5) is 5.82 Å². The van der Waals surface area contributed by atoms with E-state index in [0.29, 0.717) is 0 Å². The largest absolute Gasteiger partial charge is 0.355 e. The molecule has 0 bridgehead atoms. The van der Waals surface area contributed by atoms with Gasteiger partial charge in [0.05, 0.1) is 0 Å². The summed E-state index contributed by atoms with van der Waals surface area (Å²) in [6, 6.07) is 10.2. The number of halogens is 2. The molecule has 0 amide bonds. The molecule has 0 radical (unpaired) electrons. The number of aromatic nitrogens is 2. The quantitative estimate of drug-likeness (QED) is 0.739. The zero-order valence-electron chi connectivity index (χ0n) is 10.9. The lowest BCUT2D eigenvalue weighted by molar-refractivity contribution is 0.853. The molecule has 0 N–H and O–H groups in total. The molecule has 0 saturated heterocycles. The van der Waals surface area contributed by atoms with E-state index in [0.717, 1.165) is 33.7 Å². The normalized spacial score (nSPS) is 10.5. The van der Waals surface area contributed by atoms with Crippen LogP contribution in [0.5, 0.6) is 0 Å². The summed E-state index contributed by atoms with van der Waals surface area (Å²) < 4.78 is 1.92. The molecule has 0 aliphatic carbocycles. The molecule has 1 aromatic carbocycles. The van der Waals surface area contributed by atoms with Crippen molar-refractivity contribution in [3.05, 3.63) is 50.8 Å². The maximum atomic E-state index is 4.54. The topological polar surface area (TPSA) is 29.0 Å². The Labute approximate surface area is 130 Å². The average molecular weight is 385 g/mol. The Morgan fingerprint density at radius 2 is 1.95 bits per heavy atom. The van der Waals surface area contributed by atoms with Gasteiger partial charge >= 0.3 is 0 Å². The molecule has 19 heavy (non-hydrogen) atoms. The third-order valence-corrected chi connectivity index (χ3v) is 3.64. The summed E-state index contributed by atoms with van der Waals surface area (Å²) in [5.74, 6) is 1.78. The number of hydrogen-bond acceptors (Lipinski definition) is 3. The highest BCUT2D eigenvalue weighted by atomic mass is 79.9. The first-order valence-corrected chi connectivity index (χ1v) is 7.66. The maximum Gasteiger partial charge on any atom is 0.133 e. The molecule has 0 atom stereocenters. The summed E-state index contributed by atoms with van der Waals surface area (Å²) in [5.41, 5.74) is 1.24. The van der Waals surface area contributed by atoms with Crippen LogP contribution in [0, 0.1) is 0 Å². The van der Waals surface area contributed by atoms with Crippen LogP contribution in [0.2, 0.25) is 0 Å². The van der Waals surface area contributed by atoms with Crippen LogP contribution < -0.4 is 4.90 Å². The average Bonchev–Trinajstić information content (AvgIpc) is 2.38. The molecule has 100 valence electrons. The van der Waals surface area contributed by atoms with Gasteiger partial charge in [0.1, 0.15) is 16.2 Å². The van der Waals surface area contributed by atoms with Crippen molar-refractivity contribution < 1.29 is 0 Å². The SMILES string of the molecule is CCc1nc(Br)cc(N(C)Cc2cccc(Br)c2)n1. The van der Waals surface area contributed by atoms with Crippen LogP contribution in [0.25, 0.3) is 0 Å². The van der Waals surface area contributed by atoms with Crippen molar-refractivity contribution >= 4 is 37.7 Å². The lowest BCUT2D eigenvalue weighted by atomic mass is 10.2. The van der Waals surface area contributed by atoms with E-state index in [1.54, 1.807) is 0 Å². The van der Waals surface area contributed by atoms with Gasteiger partial charge in [-0.25, -0.2) is 9.97 Å². The molecular formula is C14H15Br2N3. The first kappa shape index (κ1) is 14.5. The van der Waals surface area contributed by atoms with Crippen LogP contribution in [0.15, 0.2) is 39.4 Å². The first-order valence-electron chi connectivity index (χ1n) is 6.07. The first-order chi connectivity index (χ1) is 9.08. The van der Waals surface area contributed by atoms with Gasteiger partial charge in [0, 0.05) is 30.6 Å². The van der Waals surface area contributed by atoms with Gasteiger partial charge < -0.3 is 4.90 Å². The molecular weight excluding hydrogens is 370 g/mol. The van der Waals surface area contributed by atoms with Gasteiger partial charge in [0.2, 0.25) is 0 Å². The molecule has 0 aliphatic heterocycles. The second-order valence-corrected chi connectivity index (χ2v) is 6.03. The number of rotatable bonds is 4. The van der Waals surface area contributed by atoms with Crippen LogP contribution in [0.3, 0.4) is 0 Å². The fourth-order valence-corrected chi connectivity index (χ4v) is 2.65. The van der Waals surface area contributed by atoms with Gasteiger partial charge in [-0.3, -0.25) is 0 Å². The number of aryl methyl sites for hydroxylation is 1. The van der Waals surface area contributed by atoms with Gasteiger partial charge in [-0.1, -0.05) is 35.0 Å². The lowest BCUT2D eigenvalue weighted by Crippen LogP contribution is -2.18. The highest BCUT2D eigenvalue weighted by molar-refractivity contribution is 9.10. The zero-order chi connectivity index (χ0) is 13.8. The molecule has 0 unspecified atom stereocenters. The fraction of sp³-hybridized carbons (Fsp3) is 0.286. The number of hydrogen-bond donors (Lipinski definition) is 0.